The number of alkyl halides is 5. The van der Waals surface area contributed by atoms with Gasteiger partial charge in [-0.05, 0) is 35.0 Å². The van der Waals surface area contributed by atoms with Crippen molar-refractivity contribution in [2.24, 2.45) is 5.73 Å². The Morgan fingerprint density at radius 1 is 1.35 bits per heavy atom. The van der Waals surface area contributed by atoms with E-state index in [4.69, 9.17) is 5.73 Å². The van der Waals surface area contributed by atoms with Crippen LogP contribution in [0.3, 0.4) is 0 Å². The summed E-state index contributed by atoms with van der Waals surface area (Å²) in [7, 11) is 0. The molecule has 0 saturated carbocycles. The largest absolute Gasteiger partial charge is 0.506 e. The van der Waals surface area contributed by atoms with Crippen LogP contribution in [0.2, 0.25) is 0 Å². The highest BCUT2D eigenvalue weighted by Gasteiger charge is 2.51. The third-order valence-corrected chi connectivity index (χ3v) is 3.36. The van der Waals surface area contributed by atoms with Gasteiger partial charge in [-0.2, -0.15) is 22.0 Å². The van der Waals surface area contributed by atoms with Crippen molar-refractivity contribution < 1.29 is 36.6 Å². The summed E-state index contributed by atoms with van der Waals surface area (Å²) in [5, 5.41) is 9.67. The first-order valence-electron chi connectivity index (χ1n) is 5.83. The summed E-state index contributed by atoms with van der Waals surface area (Å²) in [4.78, 5) is 11.2. The van der Waals surface area contributed by atoms with Crippen molar-refractivity contribution >= 4 is 34.3 Å². The number of esters is 1. The Hall–Kier alpha value is -1.13. The molecule has 0 aromatic heterocycles. The molecule has 0 unspecified atom stereocenters. The lowest BCUT2D eigenvalue weighted by molar-refractivity contribution is -0.175. The van der Waals surface area contributed by atoms with Gasteiger partial charge in [0.25, 0.3) is 0 Å². The molecule has 11 heteroatoms. The number of carbonyl (C=O) groups is 1. The number of phenols is 1. The fourth-order valence-corrected chi connectivity index (χ4v) is 2.02. The first-order valence-corrected chi connectivity index (χ1v) is 6.63. The second-order valence-corrected chi connectivity index (χ2v) is 5.03. The number of halogens is 7. The number of hydrogen-bond donors (Lipinski definition) is 2. The molecule has 4 nitrogen and oxygen atoms in total. The summed E-state index contributed by atoms with van der Waals surface area (Å²) in [6.45, 7) is 0.842. The smallest absolute Gasteiger partial charge is 0.416 e. The van der Waals surface area contributed by atoms with Crippen LogP contribution in [0, 0.1) is 0 Å². The lowest BCUT2D eigenvalue weighted by Crippen LogP contribution is -2.42. The van der Waals surface area contributed by atoms with Crippen LogP contribution >= 0.6 is 28.3 Å². The van der Waals surface area contributed by atoms with Gasteiger partial charge < -0.3 is 15.6 Å². The number of aromatic hydroxyl groups is 1. The standard InChI is InChI=1S/C12H11BrF5NO3.ClH/c1-2-22-10(21)11(14,15)9(19)7-5(12(16,17)18)3-4-6(13)8(7)20;/h3-4,9,20H,2,19H2,1H3;1H/t9-;/m0./s1. The third kappa shape index (κ3) is 4.45. The van der Waals surface area contributed by atoms with Crippen LogP contribution < -0.4 is 5.73 Å². The maximum atomic E-state index is 13.9. The second kappa shape index (κ2) is 7.63. The number of carbonyl (C=O) groups excluding carboxylic acids is 1. The Balaban J connectivity index is 0.00000484. The molecular weight excluding hydrogens is 416 g/mol. The van der Waals surface area contributed by atoms with Crippen LogP contribution in [0.5, 0.6) is 5.75 Å². The zero-order valence-electron chi connectivity index (χ0n) is 11.5. The van der Waals surface area contributed by atoms with Crippen LogP contribution in [0.4, 0.5) is 22.0 Å². The molecule has 0 spiro atoms. The molecule has 1 rings (SSSR count). The van der Waals surface area contributed by atoms with Gasteiger partial charge in [-0.3, -0.25) is 0 Å². The van der Waals surface area contributed by atoms with Crippen LogP contribution in [-0.2, 0) is 15.7 Å². The topological polar surface area (TPSA) is 72.5 Å². The molecule has 1 aromatic carbocycles. The highest BCUT2D eigenvalue weighted by Crippen LogP contribution is 2.45. The molecule has 23 heavy (non-hydrogen) atoms. The molecular formula is C12H12BrClF5NO3. The molecule has 0 aliphatic carbocycles. The summed E-state index contributed by atoms with van der Waals surface area (Å²) in [6, 6.07) is -1.43. The Bertz CT molecular complexity index is 583. The summed E-state index contributed by atoms with van der Waals surface area (Å²) in [5.74, 6) is -7.64. The summed E-state index contributed by atoms with van der Waals surface area (Å²) in [6.07, 6.45) is -5.05. The molecule has 3 N–H and O–H groups in total. The molecule has 0 bridgehead atoms. The van der Waals surface area contributed by atoms with Gasteiger partial charge >= 0.3 is 18.1 Å². The molecule has 0 amide bonds. The fraction of sp³-hybridized carbons (Fsp3) is 0.417. The van der Waals surface area contributed by atoms with E-state index in [1.165, 1.54) is 6.92 Å². The van der Waals surface area contributed by atoms with Crippen molar-refractivity contribution in [1.29, 1.82) is 0 Å². The molecule has 0 aliphatic heterocycles. The van der Waals surface area contributed by atoms with E-state index in [0.717, 1.165) is 6.07 Å². The normalized spacial score (nSPS) is 13.2. The van der Waals surface area contributed by atoms with Crippen molar-refractivity contribution in [3.05, 3.63) is 27.7 Å². The van der Waals surface area contributed by atoms with Crippen LogP contribution in [-0.4, -0.2) is 23.6 Å². The number of benzene rings is 1. The van der Waals surface area contributed by atoms with Gasteiger partial charge in [0.1, 0.15) is 11.8 Å². The predicted octanol–water partition coefficient (Wildman–Crippen LogP) is 3.79. The van der Waals surface area contributed by atoms with E-state index >= 15 is 0 Å². The Morgan fingerprint density at radius 2 is 1.87 bits per heavy atom. The zero-order chi connectivity index (χ0) is 17.3. The van der Waals surface area contributed by atoms with E-state index in [1.807, 2.05) is 0 Å². The van der Waals surface area contributed by atoms with Crippen molar-refractivity contribution in [1.82, 2.24) is 0 Å². The first-order chi connectivity index (χ1) is 9.94. The van der Waals surface area contributed by atoms with Gasteiger partial charge in [0.15, 0.2) is 0 Å². The molecule has 0 aliphatic rings. The monoisotopic (exact) mass is 427 g/mol. The number of hydrogen-bond acceptors (Lipinski definition) is 4. The average molecular weight is 429 g/mol. The molecule has 0 radical (unpaired) electrons. The van der Waals surface area contributed by atoms with E-state index in [9.17, 15) is 31.9 Å². The summed E-state index contributed by atoms with van der Waals surface area (Å²) in [5.41, 5.74) is 2.28. The van der Waals surface area contributed by atoms with E-state index in [0.29, 0.717) is 6.07 Å². The summed E-state index contributed by atoms with van der Waals surface area (Å²) >= 11 is 2.72. The predicted molar refractivity (Wildman–Crippen MR) is 76.6 cm³/mol. The van der Waals surface area contributed by atoms with E-state index in [1.54, 1.807) is 0 Å². The van der Waals surface area contributed by atoms with Crippen LogP contribution in [0.1, 0.15) is 24.1 Å². The maximum absolute atomic E-state index is 13.9. The van der Waals surface area contributed by atoms with E-state index in [2.05, 4.69) is 20.7 Å². The fourth-order valence-electron chi connectivity index (χ4n) is 1.68. The van der Waals surface area contributed by atoms with Crippen molar-refractivity contribution in [2.45, 2.75) is 25.1 Å². The Morgan fingerprint density at radius 3 is 2.30 bits per heavy atom. The number of phenolic OH excluding ortho intramolecular Hbond substituents is 1. The van der Waals surface area contributed by atoms with Gasteiger partial charge in [0.05, 0.1) is 16.6 Å². The second-order valence-electron chi connectivity index (χ2n) is 4.18. The van der Waals surface area contributed by atoms with Crippen molar-refractivity contribution in [2.75, 3.05) is 6.61 Å². The quantitative estimate of drug-likeness (QED) is 0.565. The Labute approximate surface area is 142 Å². The number of nitrogens with two attached hydrogens (primary N) is 1. The average Bonchev–Trinajstić information content (AvgIpc) is 2.39. The number of ether oxygens (including phenoxy) is 1. The first kappa shape index (κ1) is 21.9. The van der Waals surface area contributed by atoms with Crippen molar-refractivity contribution in [3.63, 3.8) is 0 Å². The minimum absolute atomic E-state index is 0. The highest BCUT2D eigenvalue weighted by atomic mass is 79.9. The third-order valence-electron chi connectivity index (χ3n) is 2.72. The molecule has 0 heterocycles. The molecule has 1 atom stereocenters. The highest BCUT2D eigenvalue weighted by molar-refractivity contribution is 9.10. The van der Waals surface area contributed by atoms with Crippen LogP contribution in [0.15, 0.2) is 16.6 Å². The zero-order valence-corrected chi connectivity index (χ0v) is 13.9. The van der Waals surface area contributed by atoms with Gasteiger partial charge in [-0.1, -0.05) is 0 Å². The molecule has 0 fully saturated rings. The minimum Gasteiger partial charge on any atom is -0.506 e. The minimum atomic E-state index is -5.05. The molecule has 132 valence electrons. The van der Waals surface area contributed by atoms with Crippen molar-refractivity contribution in [3.8, 4) is 5.75 Å². The molecule has 0 saturated heterocycles. The van der Waals surface area contributed by atoms with E-state index in [-0.39, 0.29) is 16.9 Å². The number of rotatable bonds is 4. The SMILES string of the molecule is CCOC(=O)C(F)(F)[C@@H](N)c1c(C(F)(F)F)ccc(Br)c1O.Cl. The van der Waals surface area contributed by atoms with Gasteiger partial charge in [-0.15, -0.1) is 12.4 Å². The lowest BCUT2D eigenvalue weighted by atomic mass is 9.94. The summed E-state index contributed by atoms with van der Waals surface area (Å²) < 4.78 is 70.3. The lowest BCUT2D eigenvalue weighted by Gasteiger charge is -2.25. The van der Waals surface area contributed by atoms with Gasteiger partial charge in [0.2, 0.25) is 0 Å². The van der Waals surface area contributed by atoms with Gasteiger partial charge in [-0.25, -0.2) is 4.79 Å². The Kier molecular flexibility index (Phi) is 7.25. The molecule has 1 aromatic rings. The van der Waals surface area contributed by atoms with Crippen LogP contribution in [0.25, 0.3) is 0 Å². The maximum Gasteiger partial charge on any atom is 0.416 e. The van der Waals surface area contributed by atoms with E-state index < -0.39 is 47.6 Å². The van der Waals surface area contributed by atoms with Gasteiger partial charge in [0, 0.05) is 5.56 Å².